The van der Waals surface area contributed by atoms with Gasteiger partial charge in [-0.05, 0) is 25.0 Å². The number of hydrogen-bond acceptors (Lipinski definition) is 3. The van der Waals surface area contributed by atoms with E-state index in [1.807, 2.05) is 0 Å². The van der Waals surface area contributed by atoms with Gasteiger partial charge in [0.2, 0.25) is 0 Å². The topological polar surface area (TPSA) is 42.4 Å². The first-order valence-electron chi connectivity index (χ1n) is 5.64. The van der Waals surface area contributed by atoms with Crippen molar-refractivity contribution in [3.8, 4) is 0 Å². The third kappa shape index (κ3) is 2.96. The number of carbonyl (C=O) groups excluding carboxylic acids is 1. The predicted molar refractivity (Wildman–Crippen MR) is 65.2 cm³/mol. The monoisotopic (exact) mass is 254 g/mol. The molecule has 92 valence electrons. The van der Waals surface area contributed by atoms with Crippen LogP contribution in [0, 0.1) is 0 Å². The van der Waals surface area contributed by atoms with E-state index >= 15 is 0 Å². The maximum Gasteiger partial charge on any atom is 0.272 e. The summed E-state index contributed by atoms with van der Waals surface area (Å²) in [6.07, 6.45) is 3.58. The fourth-order valence-corrected chi connectivity index (χ4v) is 2.14. The van der Waals surface area contributed by atoms with Crippen LogP contribution in [0.4, 0.5) is 0 Å². The highest BCUT2D eigenvalue weighted by Gasteiger charge is 2.24. The molecule has 0 N–H and O–H groups in total. The van der Waals surface area contributed by atoms with Gasteiger partial charge < -0.3 is 9.64 Å². The molecule has 2 heterocycles. The second-order valence-corrected chi connectivity index (χ2v) is 4.52. The summed E-state index contributed by atoms with van der Waals surface area (Å²) in [5.41, 5.74) is 0.411. The number of amides is 1. The summed E-state index contributed by atoms with van der Waals surface area (Å²) in [6.45, 7) is 1.43. The highest BCUT2D eigenvalue weighted by Crippen LogP contribution is 2.16. The standard InChI is InChI=1S/C12H15ClN2O2/c1-17-10-3-6-15(7-4-10)12(16)11-8-9(13)2-5-14-11/h2,5,8,10H,3-4,6-7H2,1H3. The maximum atomic E-state index is 12.1. The molecular formula is C12H15ClN2O2. The van der Waals surface area contributed by atoms with Crippen LogP contribution in [0.25, 0.3) is 0 Å². The smallest absolute Gasteiger partial charge is 0.272 e. The molecule has 1 aromatic heterocycles. The van der Waals surface area contributed by atoms with Crippen LogP contribution in [0.2, 0.25) is 5.02 Å². The highest BCUT2D eigenvalue weighted by atomic mass is 35.5. The first-order valence-corrected chi connectivity index (χ1v) is 6.02. The van der Waals surface area contributed by atoms with E-state index in [-0.39, 0.29) is 12.0 Å². The molecule has 5 heteroatoms. The first-order chi connectivity index (χ1) is 8.20. The fraction of sp³-hybridized carbons (Fsp3) is 0.500. The second-order valence-electron chi connectivity index (χ2n) is 4.09. The lowest BCUT2D eigenvalue weighted by molar-refractivity contribution is 0.0347. The van der Waals surface area contributed by atoms with E-state index < -0.39 is 0 Å². The molecule has 0 bridgehead atoms. The number of hydrogen-bond donors (Lipinski definition) is 0. The van der Waals surface area contributed by atoms with Crippen LogP contribution in [0.15, 0.2) is 18.3 Å². The van der Waals surface area contributed by atoms with Gasteiger partial charge in [0.05, 0.1) is 6.10 Å². The number of piperidine rings is 1. The third-order valence-corrected chi connectivity index (χ3v) is 3.24. The minimum absolute atomic E-state index is 0.0537. The molecular weight excluding hydrogens is 240 g/mol. The van der Waals surface area contributed by atoms with Gasteiger partial charge in [-0.1, -0.05) is 11.6 Å². The van der Waals surface area contributed by atoms with Gasteiger partial charge >= 0.3 is 0 Å². The predicted octanol–water partition coefficient (Wildman–Crippen LogP) is 1.99. The molecule has 0 spiro atoms. The number of likely N-dealkylation sites (tertiary alicyclic amines) is 1. The number of halogens is 1. The zero-order valence-corrected chi connectivity index (χ0v) is 10.5. The molecule has 2 rings (SSSR count). The summed E-state index contributed by atoms with van der Waals surface area (Å²) in [7, 11) is 1.71. The summed E-state index contributed by atoms with van der Waals surface area (Å²) in [5.74, 6) is -0.0537. The molecule has 4 nitrogen and oxygen atoms in total. The molecule has 1 aromatic rings. The Kier molecular flexibility index (Phi) is 3.97. The first kappa shape index (κ1) is 12.3. The lowest BCUT2D eigenvalue weighted by Crippen LogP contribution is -2.40. The molecule has 0 aliphatic carbocycles. The molecule has 1 saturated heterocycles. The minimum atomic E-state index is -0.0537. The van der Waals surface area contributed by atoms with Crippen molar-refractivity contribution in [2.75, 3.05) is 20.2 Å². The molecule has 0 saturated carbocycles. The van der Waals surface area contributed by atoms with Crippen molar-refractivity contribution in [1.29, 1.82) is 0 Å². The zero-order chi connectivity index (χ0) is 12.3. The lowest BCUT2D eigenvalue weighted by atomic mass is 10.1. The zero-order valence-electron chi connectivity index (χ0n) is 9.73. The minimum Gasteiger partial charge on any atom is -0.381 e. The van der Waals surface area contributed by atoms with Gasteiger partial charge in [-0.15, -0.1) is 0 Å². The van der Waals surface area contributed by atoms with Crippen LogP contribution in [-0.4, -0.2) is 42.1 Å². The van der Waals surface area contributed by atoms with Crippen molar-refractivity contribution in [2.45, 2.75) is 18.9 Å². The van der Waals surface area contributed by atoms with Crippen LogP contribution < -0.4 is 0 Å². The van der Waals surface area contributed by atoms with E-state index in [0.717, 1.165) is 12.8 Å². The van der Waals surface area contributed by atoms with Gasteiger partial charge in [-0.3, -0.25) is 9.78 Å². The Balaban J connectivity index is 2.02. The molecule has 0 atom stereocenters. The number of carbonyl (C=O) groups is 1. The normalized spacial score (nSPS) is 17.2. The van der Waals surface area contributed by atoms with Crippen molar-refractivity contribution in [3.05, 3.63) is 29.0 Å². The molecule has 1 aliphatic rings. The molecule has 1 aliphatic heterocycles. The number of ether oxygens (including phenoxy) is 1. The third-order valence-electron chi connectivity index (χ3n) is 3.00. The van der Waals surface area contributed by atoms with Crippen molar-refractivity contribution in [2.24, 2.45) is 0 Å². The molecule has 1 amide bonds. The molecule has 0 radical (unpaired) electrons. The van der Waals surface area contributed by atoms with Crippen LogP contribution in [0.5, 0.6) is 0 Å². The summed E-state index contributed by atoms with van der Waals surface area (Å²) < 4.78 is 5.27. The average Bonchev–Trinajstić information content (AvgIpc) is 2.38. The van der Waals surface area contributed by atoms with Gasteiger partial charge in [0.15, 0.2) is 0 Å². The van der Waals surface area contributed by atoms with Crippen LogP contribution in [0.1, 0.15) is 23.3 Å². The van der Waals surface area contributed by atoms with E-state index in [9.17, 15) is 4.79 Å². The second kappa shape index (κ2) is 5.47. The van der Waals surface area contributed by atoms with Gasteiger partial charge in [0.1, 0.15) is 5.69 Å². The van der Waals surface area contributed by atoms with Gasteiger partial charge in [0.25, 0.3) is 5.91 Å². The van der Waals surface area contributed by atoms with E-state index in [4.69, 9.17) is 16.3 Å². The summed E-state index contributed by atoms with van der Waals surface area (Å²) in [6, 6.07) is 3.27. The average molecular weight is 255 g/mol. The maximum absolute atomic E-state index is 12.1. The molecule has 17 heavy (non-hydrogen) atoms. The largest absolute Gasteiger partial charge is 0.381 e. The van der Waals surface area contributed by atoms with Gasteiger partial charge in [-0.25, -0.2) is 0 Å². The summed E-state index contributed by atoms with van der Waals surface area (Å²) >= 11 is 5.84. The van der Waals surface area contributed by atoms with Gasteiger partial charge in [0, 0.05) is 31.4 Å². The number of pyridine rings is 1. The SMILES string of the molecule is COC1CCN(C(=O)c2cc(Cl)ccn2)CC1. The van der Waals surface area contributed by atoms with E-state index in [1.54, 1.807) is 30.3 Å². The Morgan fingerprint density at radius 2 is 2.24 bits per heavy atom. The van der Waals surface area contributed by atoms with E-state index in [1.165, 1.54) is 0 Å². The van der Waals surface area contributed by atoms with E-state index in [0.29, 0.717) is 23.8 Å². The fourth-order valence-electron chi connectivity index (χ4n) is 1.98. The van der Waals surface area contributed by atoms with Crippen LogP contribution in [-0.2, 0) is 4.74 Å². The Morgan fingerprint density at radius 3 is 2.82 bits per heavy atom. The number of nitrogens with zero attached hydrogens (tertiary/aromatic N) is 2. The Bertz CT molecular complexity index is 403. The summed E-state index contributed by atoms with van der Waals surface area (Å²) in [5, 5.41) is 0.537. The highest BCUT2D eigenvalue weighted by molar-refractivity contribution is 6.30. The van der Waals surface area contributed by atoms with Crippen LogP contribution in [0.3, 0.4) is 0 Å². The molecule has 1 fully saturated rings. The number of rotatable bonds is 2. The number of methoxy groups -OCH3 is 1. The van der Waals surface area contributed by atoms with Crippen molar-refractivity contribution in [1.82, 2.24) is 9.88 Å². The van der Waals surface area contributed by atoms with Gasteiger partial charge in [-0.2, -0.15) is 0 Å². The lowest BCUT2D eigenvalue weighted by Gasteiger charge is -2.30. The quantitative estimate of drug-likeness (QED) is 0.811. The van der Waals surface area contributed by atoms with Crippen molar-refractivity contribution < 1.29 is 9.53 Å². The van der Waals surface area contributed by atoms with Crippen molar-refractivity contribution in [3.63, 3.8) is 0 Å². The molecule has 0 aromatic carbocycles. The van der Waals surface area contributed by atoms with Crippen molar-refractivity contribution >= 4 is 17.5 Å². The Labute approximate surface area is 106 Å². The Morgan fingerprint density at radius 1 is 1.53 bits per heavy atom. The molecule has 0 unspecified atom stereocenters. The van der Waals surface area contributed by atoms with Crippen LogP contribution >= 0.6 is 11.6 Å². The van der Waals surface area contributed by atoms with E-state index in [2.05, 4.69) is 4.98 Å². The number of aromatic nitrogens is 1. The summed E-state index contributed by atoms with van der Waals surface area (Å²) in [4.78, 5) is 18.0. The Hall–Kier alpha value is -1.13.